The first-order valence-corrected chi connectivity index (χ1v) is 9.60. The fraction of sp³-hybridized carbons (Fsp3) is 0.941. The lowest BCUT2D eigenvalue weighted by molar-refractivity contribution is -0.137. The zero-order valence-electron chi connectivity index (χ0n) is 12.9. The number of carboxylic acids is 1. The number of carbonyl (C=O) groups is 1. The second-order valence-electron chi connectivity index (χ2n) is 6.68. The van der Waals surface area contributed by atoms with E-state index in [1.165, 1.54) is 50.7 Å². The Kier molecular flexibility index (Phi) is 6.73. The number of aliphatic carboxylic acids is 1. The van der Waals surface area contributed by atoms with E-state index < -0.39 is 5.97 Å². The van der Waals surface area contributed by atoms with Crippen molar-refractivity contribution in [3.63, 3.8) is 0 Å². The van der Waals surface area contributed by atoms with Crippen molar-refractivity contribution in [3.05, 3.63) is 0 Å². The van der Waals surface area contributed by atoms with Crippen LogP contribution in [-0.4, -0.2) is 22.1 Å². The van der Waals surface area contributed by atoms with E-state index in [9.17, 15) is 4.79 Å². The van der Waals surface area contributed by atoms with E-state index in [1.54, 1.807) is 0 Å². The number of rotatable bonds is 10. The van der Waals surface area contributed by atoms with Gasteiger partial charge in [0.25, 0.3) is 0 Å². The molecule has 0 radical (unpaired) electrons. The first-order chi connectivity index (χ1) is 9.72. The summed E-state index contributed by atoms with van der Waals surface area (Å²) in [7, 11) is 0. The zero-order valence-corrected chi connectivity index (χ0v) is 13.7. The minimum Gasteiger partial charge on any atom is -0.481 e. The molecule has 116 valence electrons. The molecule has 2 nitrogen and oxygen atoms in total. The van der Waals surface area contributed by atoms with Crippen LogP contribution in [0.25, 0.3) is 0 Å². The lowest BCUT2D eigenvalue weighted by atomic mass is 9.84. The van der Waals surface area contributed by atoms with Gasteiger partial charge in [-0.15, -0.1) is 0 Å². The highest BCUT2D eigenvalue weighted by atomic mass is 32.2. The lowest BCUT2D eigenvalue weighted by Gasteiger charge is -2.30. The monoisotopic (exact) mass is 298 g/mol. The van der Waals surface area contributed by atoms with Gasteiger partial charge in [0.1, 0.15) is 0 Å². The summed E-state index contributed by atoms with van der Waals surface area (Å²) in [5.41, 5.74) is 0. The van der Waals surface area contributed by atoms with Gasteiger partial charge in [0.05, 0.1) is 0 Å². The molecule has 4 atom stereocenters. The predicted molar refractivity (Wildman–Crippen MR) is 86.2 cm³/mol. The van der Waals surface area contributed by atoms with Crippen molar-refractivity contribution < 1.29 is 9.90 Å². The van der Waals surface area contributed by atoms with Gasteiger partial charge in [0.15, 0.2) is 0 Å². The van der Waals surface area contributed by atoms with Crippen molar-refractivity contribution in [2.24, 2.45) is 17.8 Å². The minimum atomic E-state index is -0.644. The van der Waals surface area contributed by atoms with Crippen LogP contribution >= 0.6 is 11.8 Å². The topological polar surface area (TPSA) is 37.3 Å². The van der Waals surface area contributed by atoms with E-state index in [2.05, 4.69) is 18.7 Å². The Hall–Kier alpha value is -0.180. The summed E-state index contributed by atoms with van der Waals surface area (Å²) in [6.07, 6.45) is 12.0. The molecule has 2 bridgehead atoms. The van der Waals surface area contributed by atoms with Crippen molar-refractivity contribution >= 4 is 17.7 Å². The molecule has 0 aliphatic heterocycles. The summed E-state index contributed by atoms with van der Waals surface area (Å²) >= 11 is 2.25. The Bertz CT molecular complexity index is 305. The summed E-state index contributed by atoms with van der Waals surface area (Å²) < 4.78 is 0. The van der Waals surface area contributed by atoms with Gasteiger partial charge in [0, 0.05) is 11.7 Å². The van der Waals surface area contributed by atoms with Crippen molar-refractivity contribution in [2.75, 3.05) is 5.75 Å². The van der Waals surface area contributed by atoms with Gasteiger partial charge in [-0.05, 0) is 62.0 Å². The van der Waals surface area contributed by atoms with E-state index in [-0.39, 0.29) is 0 Å². The molecule has 2 aliphatic rings. The molecule has 0 aromatic heterocycles. The molecular weight excluding hydrogens is 268 g/mol. The van der Waals surface area contributed by atoms with E-state index in [1.807, 2.05) is 0 Å². The third-order valence-electron chi connectivity index (χ3n) is 5.20. The van der Waals surface area contributed by atoms with Crippen LogP contribution in [0, 0.1) is 17.8 Å². The SMILES string of the molecule is CCCS[C@H]1[C@H]2CC[C@H](C2)[C@H]1CCCCCCC(=O)O. The van der Waals surface area contributed by atoms with Crippen molar-refractivity contribution in [1.29, 1.82) is 0 Å². The van der Waals surface area contributed by atoms with Gasteiger partial charge in [0.2, 0.25) is 0 Å². The van der Waals surface area contributed by atoms with Crippen LogP contribution in [0.5, 0.6) is 0 Å². The molecule has 2 fully saturated rings. The molecule has 0 heterocycles. The maximum atomic E-state index is 10.5. The highest BCUT2D eigenvalue weighted by molar-refractivity contribution is 7.99. The van der Waals surface area contributed by atoms with Gasteiger partial charge < -0.3 is 5.11 Å². The average Bonchev–Trinajstić information content (AvgIpc) is 3.01. The number of hydrogen-bond acceptors (Lipinski definition) is 2. The van der Waals surface area contributed by atoms with Crippen LogP contribution in [0.1, 0.15) is 71.1 Å². The number of thioether (sulfide) groups is 1. The summed E-state index contributed by atoms with van der Waals surface area (Å²) in [6.45, 7) is 2.29. The molecule has 2 saturated carbocycles. The smallest absolute Gasteiger partial charge is 0.303 e. The molecule has 2 rings (SSSR count). The van der Waals surface area contributed by atoms with E-state index >= 15 is 0 Å². The maximum absolute atomic E-state index is 10.5. The van der Waals surface area contributed by atoms with E-state index in [4.69, 9.17) is 5.11 Å². The molecule has 1 N–H and O–H groups in total. The van der Waals surface area contributed by atoms with Crippen molar-refractivity contribution in [1.82, 2.24) is 0 Å². The second kappa shape index (κ2) is 8.31. The second-order valence-corrected chi connectivity index (χ2v) is 7.97. The molecular formula is C17H30O2S. The Morgan fingerprint density at radius 1 is 1.15 bits per heavy atom. The molecule has 0 aromatic rings. The van der Waals surface area contributed by atoms with Gasteiger partial charge >= 0.3 is 5.97 Å². The van der Waals surface area contributed by atoms with Gasteiger partial charge in [-0.2, -0.15) is 11.8 Å². The number of hydrogen-bond donors (Lipinski definition) is 1. The Morgan fingerprint density at radius 3 is 2.65 bits per heavy atom. The first-order valence-electron chi connectivity index (χ1n) is 8.55. The largest absolute Gasteiger partial charge is 0.481 e. The third kappa shape index (κ3) is 4.41. The molecule has 3 heteroatoms. The van der Waals surface area contributed by atoms with Crippen LogP contribution < -0.4 is 0 Å². The molecule has 0 amide bonds. The molecule has 2 aliphatic carbocycles. The zero-order chi connectivity index (χ0) is 14.4. The maximum Gasteiger partial charge on any atom is 0.303 e. The van der Waals surface area contributed by atoms with Gasteiger partial charge in [-0.1, -0.05) is 26.2 Å². The van der Waals surface area contributed by atoms with Crippen molar-refractivity contribution in [3.8, 4) is 0 Å². The minimum absolute atomic E-state index is 0.350. The summed E-state index contributed by atoms with van der Waals surface area (Å²) in [5, 5.41) is 9.58. The van der Waals surface area contributed by atoms with Crippen LogP contribution in [0.2, 0.25) is 0 Å². The average molecular weight is 298 g/mol. The summed E-state index contributed by atoms with van der Waals surface area (Å²) in [5.74, 6) is 3.71. The Balaban J connectivity index is 1.64. The van der Waals surface area contributed by atoms with Crippen molar-refractivity contribution in [2.45, 2.75) is 76.4 Å². The molecule has 0 unspecified atom stereocenters. The molecule has 0 aromatic carbocycles. The quantitative estimate of drug-likeness (QED) is 0.579. The number of fused-ring (bicyclic) bond motifs is 2. The lowest BCUT2D eigenvalue weighted by Crippen LogP contribution is -2.25. The van der Waals surface area contributed by atoms with E-state index in [0.717, 1.165) is 35.8 Å². The molecule has 20 heavy (non-hydrogen) atoms. The van der Waals surface area contributed by atoms with E-state index in [0.29, 0.717) is 6.42 Å². The third-order valence-corrected chi connectivity index (χ3v) is 6.96. The summed E-state index contributed by atoms with van der Waals surface area (Å²) in [6, 6.07) is 0. The van der Waals surface area contributed by atoms with Crippen LogP contribution in [0.3, 0.4) is 0 Å². The fourth-order valence-electron chi connectivity index (χ4n) is 4.28. The normalized spacial score (nSPS) is 31.9. The fourth-order valence-corrected chi connectivity index (χ4v) is 5.91. The molecule has 0 spiro atoms. The standard InChI is InChI=1S/C17H30O2S/c1-2-11-20-17-14-10-9-13(12-14)15(17)7-5-3-4-6-8-16(18)19/h13-15,17H,2-12H2,1H3,(H,18,19)/t13-,14+,15-,17+/m1/s1. The Labute approximate surface area is 128 Å². The van der Waals surface area contributed by atoms with Crippen LogP contribution in [0.15, 0.2) is 0 Å². The van der Waals surface area contributed by atoms with Crippen LogP contribution in [-0.2, 0) is 4.79 Å². The van der Waals surface area contributed by atoms with Gasteiger partial charge in [-0.3, -0.25) is 4.79 Å². The highest BCUT2D eigenvalue weighted by Crippen LogP contribution is 2.54. The van der Waals surface area contributed by atoms with Crippen LogP contribution in [0.4, 0.5) is 0 Å². The van der Waals surface area contributed by atoms with Gasteiger partial charge in [-0.25, -0.2) is 0 Å². The predicted octanol–water partition coefficient (Wildman–Crippen LogP) is 4.97. The number of carboxylic acid groups (broad SMARTS) is 1. The Morgan fingerprint density at radius 2 is 1.90 bits per heavy atom. The molecule has 0 saturated heterocycles. The number of unbranched alkanes of at least 4 members (excludes halogenated alkanes) is 3. The highest BCUT2D eigenvalue weighted by Gasteiger charge is 2.46. The summed E-state index contributed by atoms with van der Waals surface area (Å²) in [4.78, 5) is 10.5. The first kappa shape index (κ1) is 16.2.